The van der Waals surface area contributed by atoms with Crippen LogP contribution < -0.4 is 0 Å². The van der Waals surface area contributed by atoms with E-state index >= 15 is 0 Å². The van der Waals surface area contributed by atoms with Crippen molar-refractivity contribution in [2.45, 2.75) is 38.8 Å². The molecule has 2 fully saturated rings. The van der Waals surface area contributed by atoms with Crippen LogP contribution in [0.2, 0.25) is 0 Å². The zero-order valence-electron chi connectivity index (χ0n) is 12.6. The SMILES string of the molecule is Cc1cc(CC2CCC3(C2)CN(C=O)C3)ccc1C(F)(F)F. The Morgan fingerprint density at radius 3 is 2.68 bits per heavy atom. The van der Waals surface area contributed by atoms with E-state index in [0.717, 1.165) is 50.7 Å². The highest BCUT2D eigenvalue weighted by Gasteiger charge is 2.47. The van der Waals surface area contributed by atoms with Crippen LogP contribution in [0.3, 0.4) is 0 Å². The Morgan fingerprint density at radius 1 is 1.36 bits per heavy atom. The fourth-order valence-corrected chi connectivity index (χ4v) is 4.18. The Morgan fingerprint density at radius 2 is 2.09 bits per heavy atom. The molecule has 22 heavy (non-hydrogen) atoms. The molecule has 2 aliphatic rings. The number of carbonyl (C=O) groups excluding carboxylic acids is 1. The number of amides is 1. The van der Waals surface area contributed by atoms with E-state index in [1.165, 1.54) is 13.0 Å². The fourth-order valence-electron chi connectivity index (χ4n) is 4.18. The molecule has 1 aromatic carbocycles. The summed E-state index contributed by atoms with van der Waals surface area (Å²) in [5.74, 6) is 0.518. The lowest BCUT2D eigenvalue weighted by Gasteiger charge is -2.46. The molecule has 2 nitrogen and oxygen atoms in total. The third kappa shape index (κ3) is 2.85. The number of carbonyl (C=O) groups is 1. The molecule has 5 heteroatoms. The monoisotopic (exact) mass is 311 g/mol. The second-order valence-corrected chi connectivity index (χ2v) is 6.97. The van der Waals surface area contributed by atoms with Crippen molar-refractivity contribution < 1.29 is 18.0 Å². The van der Waals surface area contributed by atoms with Crippen molar-refractivity contribution in [3.05, 3.63) is 34.9 Å². The molecule has 0 radical (unpaired) electrons. The largest absolute Gasteiger partial charge is 0.416 e. The van der Waals surface area contributed by atoms with Gasteiger partial charge in [0.05, 0.1) is 5.56 Å². The number of rotatable bonds is 3. The minimum Gasteiger partial charge on any atom is -0.344 e. The maximum absolute atomic E-state index is 12.8. The normalized spacial score (nSPS) is 23.6. The van der Waals surface area contributed by atoms with Gasteiger partial charge in [-0.15, -0.1) is 0 Å². The standard InChI is InChI=1S/C17H20F3NO/c1-12-6-13(2-3-15(12)17(18,19)20)7-14-4-5-16(8-14)9-21(10-16)11-22/h2-3,6,11,14H,4-5,7-10H2,1H3. The van der Waals surface area contributed by atoms with Gasteiger partial charge in [0.15, 0.2) is 0 Å². The summed E-state index contributed by atoms with van der Waals surface area (Å²) in [5, 5.41) is 0. The van der Waals surface area contributed by atoms with E-state index in [9.17, 15) is 18.0 Å². The number of benzene rings is 1. The molecule has 1 aliphatic carbocycles. The smallest absolute Gasteiger partial charge is 0.344 e. The molecule has 1 unspecified atom stereocenters. The van der Waals surface area contributed by atoms with E-state index < -0.39 is 11.7 Å². The summed E-state index contributed by atoms with van der Waals surface area (Å²) in [4.78, 5) is 12.5. The first kappa shape index (κ1) is 15.4. The minimum absolute atomic E-state index is 0.284. The van der Waals surface area contributed by atoms with Crippen molar-refractivity contribution in [1.29, 1.82) is 0 Å². The first-order valence-electron chi connectivity index (χ1n) is 7.67. The van der Waals surface area contributed by atoms with E-state index in [4.69, 9.17) is 0 Å². The average molecular weight is 311 g/mol. The van der Waals surface area contributed by atoms with Crippen molar-refractivity contribution in [1.82, 2.24) is 4.90 Å². The van der Waals surface area contributed by atoms with E-state index in [2.05, 4.69) is 0 Å². The van der Waals surface area contributed by atoms with Crippen molar-refractivity contribution in [3.8, 4) is 0 Å². The van der Waals surface area contributed by atoms with Crippen molar-refractivity contribution in [2.75, 3.05) is 13.1 Å². The minimum atomic E-state index is -4.27. The van der Waals surface area contributed by atoms with Crippen molar-refractivity contribution in [2.24, 2.45) is 11.3 Å². The number of hydrogen-bond donors (Lipinski definition) is 0. The molecule has 0 N–H and O–H groups in total. The molecular formula is C17H20F3NO. The number of nitrogens with zero attached hydrogens (tertiary/aromatic N) is 1. The Bertz CT molecular complexity index is 576. The van der Waals surface area contributed by atoms with Gasteiger partial charge < -0.3 is 4.90 Å². The van der Waals surface area contributed by atoms with Crippen LogP contribution in [0.5, 0.6) is 0 Å². The highest BCUT2D eigenvalue weighted by atomic mass is 19.4. The van der Waals surface area contributed by atoms with Crippen molar-refractivity contribution in [3.63, 3.8) is 0 Å². The van der Waals surface area contributed by atoms with Crippen LogP contribution in [0.4, 0.5) is 13.2 Å². The lowest BCUT2D eigenvalue weighted by Crippen LogP contribution is -2.54. The summed E-state index contributed by atoms with van der Waals surface area (Å²) in [6.07, 6.45) is 0.773. The van der Waals surface area contributed by atoms with Gasteiger partial charge in [0.2, 0.25) is 6.41 Å². The maximum Gasteiger partial charge on any atom is 0.416 e. The van der Waals surface area contributed by atoms with Crippen LogP contribution in [-0.4, -0.2) is 24.4 Å². The predicted molar refractivity (Wildman–Crippen MR) is 77.3 cm³/mol. The Labute approximate surface area is 128 Å². The third-order valence-corrected chi connectivity index (χ3v) is 5.15. The van der Waals surface area contributed by atoms with Gasteiger partial charge in [-0.2, -0.15) is 13.2 Å². The maximum atomic E-state index is 12.8. The average Bonchev–Trinajstić information content (AvgIpc) is 2.79. The molecule has 0 bridgehead atoms. The Hall–Kier alpha value is -1.52. The molecule has 1 saturated heterocycles. The highest BCUT2D eigenvalue weighted by Crippen LogP contribution is 2.48. The van der Waals surface area contributed by atoms with Crippen LogP contribution >= 0.6 is 0 Å². The highest BCUT2D eigenvalue weighted by molar-refractivity contribution is 5.49. The van der Waals surface area contributed by atoms with Crippen LogP contribution in [0, 0.1) is 18.3 Å². The summed E-state index contributed by atoms with van der Waals surface area (Å²) in [6.45, 7) is 3.22. The van der Waals surface area contributed by atoms with Gasteiger partial charge in [0.1, 0.15) is 0 Å². The molecule has 1 spiro atoms. The van der Waals surface area contributed by atoms with E-state index in [1.54, 1.807) is 17.0 Å². The molecule has 1 saturated carbocycles. The van der Waals surface area contributed by atoms with Crippen LogP contribution in [-0.2, 0) is 17.4 Å². The zero-order valence-corrected chi connectivity index (χ0v) is 12.6. The van der Waals surface area contributed by atoms with Crippen LogP contribution in [0.15, 0.2) is 18.2 Å². The summed E-state index contributed by atoms with van der Waals surface area (Å²) < 4.78 is 38.3. The van der Waals surface area contributed by atoms with Crippen LogP contribution in [0.1, 0.15) is 36.0 Å². The topological polar surface area (TPSA) is 20.3 Å². The quantitative estimate of drug-likeness (QED) is 0.777. The van der Waals surface area contributed by atoms with Gasteiger partial charge in [-0.05, 0) is 55.7 Å². The summed E-state index contributed by atoms with van der Waals surface area (Å²) in [7, 11) is 0. The molecule has 1 aromatic rings. The second kappa shape index (κ2) is 5.28. The molecule has 1 heterocycles. The molecule has 0 aromatic heterocycles. The summed E-state index contributed by atoms with van der Waals surface area (Å²) >= 11 is 0. The van der Waals surface area contributed by atoms with Crippen LogP contribution in [0.25, 0.3) is 0 Å². The Kier molecular flexibility index (Phi) is 3.69. The van der Waals surface area contributed by atoms with Gasteiger partial charge in [-0.3, -0.25) is 4.79 Å². The first-order chi connectivity index (χ1) is 10.3. The molecule has 3 rings (SSSR count). The van der Waals surface area contributed by atoms with Gasteiger partial charge >= 0.3 is 6.18 Å². The predicted octanol–water partition coefficient (Wildman–Crippen LogP) is 3.81. The van der Waals surface area contributed by atoms with E-state index in [-0.39, 0.29) is 5.41 Å². The first-order valence-corrected chi connectivity index (χ1v) is 7.67. The van der Waals surface area contributed by atoms with Gasteiger partial charge in [0, 0.05) is 18.5 Å². The molecule has 1 atom stereocenters. The summed E-state index contributed by atoms with van der Waals surface area (Å²) in [6, 6.07) is 4.48. The Balaban J connectivity index is 1.63. The lowest BCUT2D eigenvalue weighted by molar-refractivity contribution is -0.138. The van der Waals surface area contributed by atoms with Crippen molar-refractivity contribution >= 4 is 6.41 Å². The number of alkyl halides is 3. The van der Waals surface area contributed by atoms with Gasteiger partial charge in [0.25, 0.3) is 0 Å². The van der Waals surface area contributed by atoms with Gasteiger partial charge in [-0.25, -0.2) is 0 Å². The van der Waals surface area contributed by atoms with E-state index in [0.29, 0.717) is 11.5 Å². The number of halogens is 3. The van der Waals surface area contributed by atoms with E-state index in [1.807, 2.05) is 0 Å². The lowest BCUT2D eigenvalue weighted by atomic mass is 9.77. The second-order valence-electron chi connectivity index (χ2n) is 6.97. The van der Waals surface area contributed by atoms with Gasteiger partial charge in [-0.1, -0.05) is 12.1 Å². The third-order valence-electron chi connectivity index (χ3n) is 5.15. The molecule has 1 amide bonds. The molecule has 1 aliphatic heterocycles. The zero-order chi connectivity index (χ0) is 16.0. The number of likely N-dealkylation sites (tertiary alicyclic amines) is 1. The molecular weight excluding hydrogens is 291 g/mol. The number of hydrogen-bond acceptors (Lipinski definition) is 1. The number of aryl methyl sites for hydroxylation is 1. The fraction of sp³-hybridized carbons (Fsp3) is 0.588. The summed E-state index contributed by atoms with van der Waals surface area (Å²) in [5.41, 5.74) is 1.03. The molecule has 120 valence electrons.